The van der Waals surface area contributed by atoms with Crippen LogP contribution < -0.4 is 10.6 Å². The van der Waals surface area contributed by atoms with Crippen LogP contribution in [0.3, 0.4) is 0 Å². The Hall–Kier alpha value is -3.61. The van der Waals surface area contributed by atoms with Crippen molar-refractivity contribution < 1.29 is 19.1 Å². The third-order valence-electron chi connectivity index (χ3n) is 5.80. The minimum atomic E-state index is -0.920. The minimum absolute atomic E-state index is 0.120. The van der Waals surface area contributed by atoms with Gasteiger partial charge in [-0.3, -0.25) is 9.59 Å². The van der Waals surface area contributed by atoms with Gasteiger partial charge in [0.15, 0.2) is 0 Å². The zero-order valence-electron chi connectivity index (χ0n) is 23.1. The van der Waals surface area contributed by atoms with Crippen LogP contribution in [0, 0.1) is 19.8 Å². The van der Waals surface area contributed by atoms with E-state index in [9.17, 15) is 14.4 Å². The molecular weight excluding hydrogens is 466 g/mol. The number of nitrogens with one attached hydrogen (secondary N) is 2. The van der Waals surface area contributed by atoms with Gasteiger partial charge in [-0.05, 0) is 57.2 Å². The molecule has 2 rings (SSSR count). The van der Waals surface area contributed by atoms with Gasteiger partial charge in [0, 0.05) is 13.1 Å². The number of hydrogen-bond acceptors (Lipinski definition) is 4. The first kappa shape index (κ1) is 29.6. The molecule has 0 bridgehead atoms. The second-order valence-electron chi connectivity index (χ2n) is 10.6. The van der Waals surface area contributed by atoms with Crippen LogP contribution in [0.25, 0.3) is 0 Å². The van der Waals surface area contributed by atoms with Crippen molar-refractivity contribution in [3.05, 3.63) is 83.4 Å². The topological polar surface area (TPSA) is 87.7 Å². The first-order valence-electron chi connectivity index (χ1n) is 12.6. The number of amides is 3. The van der Waals surface area contributed by atoms with E-state index < -0.39 is 23.8 Å². The highest BCUT2D eigenvalue weighted by atomic mass is 16.6. The fourth-order valence-electron chi connectivity index (χ4n) is 4.05. The van der Waals surface area contributed by atoms with Gasteiger partial charge in [0.2, 0.25) is 11.8 Å². The van der Waals surface area contributed by atoms with E-state index in [1.165, 1.54) is 4.90 Å². The van der Waals surface area contributed by atoms with Crippen molar-refractivity contribution >= 4 is 17.9 Å². The maximum absolute atomic E-state index is 14.0. The van der Waals surface area contributed by atoms with Gasteiger partial charge in [-0.1, -0.05) is 74.0 Å². The second-order valence-corrected chi connectivity index (χ2v) is 10.6. The molecule has 2 atom stereocenters. The van der Waals surface area contributed by atoms with Crippen LogP contribution in [0.1, 0.15) is 62.9 Å². The van der Waals surface area contributed by atoms with Gasteiger partial charge in [0.25, 0.3) is 0 Å². The van der Waals surface area contributed by atoms with Gasteiger partial charge in [0.05, 0.1) is 0 Å². The molecular formula is C30H41N3O4. The lowest BCUT2D eigenvalue weighted by atomic mass is 9.95. The standard InChI is InChI=1S/C30H41N3O4/c1-9-17-33(28(35)25(20(2)3)32-29(36)37-30(6,7)8)26(24-16-15-21(4)18-22(24)5)27(34)31-19-23-13-11-10-12-14-23/h9-16,18,20,25-26H,1,17,19H2,2-8H3,(H,31,34)(H,32,36). The van der Waals surface area contributed by atoms with E-state index in [-0.39, 0.29) is 24.3 Å². The lowest BCUT2D eigenvalue weighted by molar-refractivity contribution is -0.142. The van der Waals surface area contributed by atoms with E-state index in [2.05, 4.69) is 17.2 Å². The molecule has 0 spiro atoms. The Morgan fingerprint density at radius 1 is 1.05 bits per heavy atom. The quantitative estimate of drug-likeness (QED) is 0.432. The number of carbonyl (C=O) groups is 3. The maximum atomic E-state index is 14.0. The largest absolute Gasteiger partial charge is 0.444 e. The molecule has 0 radical (unpaired) electrons. The van der Waals surface area contributed by atoms with E-state index in [0.29, 0.717) is 12.1 Å². The predicted octanol–water partition coefficient (Wildman–Crippen LogP) is 5.22. The Labute approximate surface area is 221 Å². The van der Waals surface area contributed by atoms with Gasteiger partial charge in [0.1, 0.15) is 17.7 Å². The van der Waals surface area contributed by atoms with Crippen LogP contribution in [-0.4, -0.2) is 41.0 Å². The zero-order chi connectivity index (χ0) is 27.8. The SMILES string of the molecule is C=CCN(C(=O)C(NC(=O)OC(C)(C)C)C(C)C)C(C(=O)NCc1ccccc1)c1ccc(C)cc1C. The second kappa shape index (κ2) is 13.1. The van der Waals surface area contributed by atoms with Gasteiger partial charge in [-0.15, -0.1) is 6.58 Å². The van der Waals surface area contributed by atoms with Crippen LogP contribution >= 0.6 is 0 Å². The molecule has 7 heteroatoms. The van der Waals surface area contributed by atoms with Crippen molar-refractivity contribution in [3.63, 3.8) is 0 Å². The number of aryl methyl sites for hydroxylation is 2. The summed E-state index contributed by atoms with van der Waals surface area (Å²) in [6, 6.07) is 13.6. The molecule has 0 aliphatic rings. The first-order chi connectivity index (χ1) is 17.3. The molecule has 0 aliphatic carbocycles. The molecule has 3 amide bonds. The van der Waals surface area contributed by atoms with E-state index in [4.69, 9.17) is 4.74 Å². The summed E-state index contributed by atoms with van der Waals surface area (Å²) < 4.78 is 5.40. The van der Waals surface area contributed by atoms with E-state index in [1.807, 2.05) is 76.2 Å². The summed E-state index contributed by atoms with van der Waals surface area (Å²) >= 11 is 0. The summed E-state index contributed by atoms with van der Waals surface area (Å²) in [6.07, 6.45) is 0.902. The monoisotopic (exact) mass is 507 g/mol. The van der Waals surface area contributed by atoms with Crippen LogP contribution in [0.2, 0.25) is 0 Å². The lowest BCUT2D eigenvalue weighted by Gasteiger charge is -2.35. The number of ether oxygens (including phenoxy) is 1. The number of benzene rings is 2. The number of rotatable bonds is 10. The summed E-state index contributed by atoms with van der Waals surface area (Å²) in [5.41, 5.74) is 2.89. The molecule has 37 heavy (non-hydrogen) atoms. The fraction of sp³-hybridized carbons (Fsp3) is 0.433. The summed E-state index contributed by atoms with van der Waals surface area (Å²) in [6.45, 7) is 17.1. The summed E-state index contributed by atoms with van der Waals surface area (Å²) in [4.78, 5) is 41.8. The average Bonchev–Trinajstić information content (AvgIpc) is 2.81. The Morgan fingerprint density at radius 3 is 2.24 bits per heavy atom. The third-order valence-corrected chi connectivity index (χ3v) is 5.80. The van der Waals surface area contributed by atoms with E-state index in [1.54, 1.807) is 26.8 Å². The normalized spacial score (nSPS) is 12.9. The van der Waals surface area contributed by atoms with Crippen LogP contribution in [0.15, 0.2) is 61.2 Å². The summed E-state index contributed by atoms with van der Waals surface area (Å²) in [7, 11) is 0. The van der Waals surface area contributed by atoms with Crippen molar-refractivity contribution in [1.29, 1.82) is 0 Å². The highest BCUT2D eigenvalue weighted by molar-refractivity contribution is 5.92. The molecule has 0 fully saturated rings. The Kier molecular flexibility index (Phi) is 10.5. The molecule has 2 aromatic rings. The first-order valence-corrected chi connectivity index (χ1v) is 12.6. The maximum Gasteiger partial charge on any atom is 0.408 e. The molecule has 0 saturated heterocycles. The smallest absolute Gasteiger partial charge is 0.408 e. The molecule has 7 nitrogen and oxygen atoms in total. The summed E-state index contributed by atoms with van der Waals surface area (Å²) in [5, 5.41) is 5.71. The average molecular weight is 508 g/mol. The minimum Gasteiger partial charge on any atom is -0.444 e. The molecule has 2 aromatic carbocycles. The van der Waals surface area contributed by atoms with Gasteiger partial charge >= 0.3 is 6.09 Å². The predicted molar refractivity (Wildman–Crippen MR) is 147 cm³/mol. The fourth-order valence-corrected chi connectivity index (χ4v) is 4.05. The molecule has 0 aliphatic heterocycles. The highest BCUT2D eigenvalue weighted by Gasteiger charge is 2.37. The number of hydrogen-bond donors (Lipinski definition) is 2. The third kappa shape index (κ3) is 8.77. The van der Waals surface area contributed by atoms with Crippen molar-refractivity contribution in [2.75, 3.05) is 6.54 Å². The molecule has 2 unspecified atom stereocenters. The lowest BCUT2D eigenvalue weighted by Crippen LogP contribution is -2.55. The number of alkyl carbamates (subject to hydrolysis) is 1. The van der Waals surface area contributed by atoms with Crippen molar-refractivity contribution in [2.45, 2.75) is 72.7 Å². The molecule has 0 saturated carbocycles. The molecule has 200 valence electrons. The zero-order valence-corrected chi connectivity index (χ0v) is 23.1. The Morgan fingerprint density at radius 2 is 1.70 bits per heavy atom. The Bertz CT molecular complexity index is 1090. The molecule has 0 heterocycles. The van der Waals surface area contributed by atoms with Gasteiger partial charge in [-0.25, -0.2) is 4.79 Å². The van der Waals surface area contributed by atoms with Crippen molar-refractivity contribution in [1.82, 2.24) is 15.5 Å². The van der Waals surface area contributed by atoms with Crippen molar-refractivity contribution in [3.8, 4) is 0 Å². The van der Waals surface area contributed by atoms with Crippen molar-refractivity contribution in [2.24, 2.45) is 5.92 Å². The van der Waals surface area contributed by atoms with E-state index >= 15 is 0 Å². The number of carbonyl (C=O) groups excluding carboxylic acids is 3. The highest BCUT2D eigenvalue weighted by Crippen LogP contribution is 2.27. The van der Waals surface area contributed by atoms with Gasteiger partial charge in [-0.2, -0.15) is 0 Å². The van der Waals surface area contributed by atoms with Crippen LogP contribution in [-0.2, 0) is 20.9 Å². The number of nitrogens with zero attached hydrogens (tertiary/aromatic N) is 1. The molecule has 0 aromatic heterocycles. The van der Waals surface area contributed by atoms with E-state index in [0.717, 1.165) is 16.7 Å². The van der Waals surface area contributed by atoms with Gasteiger partial charge < -0.3 is 20.3 Å². The molecule has 2 N–H and O–H groups in total. The van der Waals surface area contributed by atoms with Crippen LogP contribution in [0.4, 0.5) is 4.79 Å². The Balaban J connectivity index is 2.47. The van der Waals surface area contributed by atoms with Crippen LogP contribution in [0.5, 0.6) is 0 Å². The summed E-state index contributed by atoms with van der Waals surface area (Å²) in [5.74, 6) is -0.953.